The van der Waals surface area contributed by atoms with Gasteiger partial charge < -0.3 is 5.32 Å². The number of nitrogens with zero attached hydrogens (tertiary/aromatic N) is 1. The lowest BCUT2D eigenvalue weighted by Crippen LogP contribution is -2.64. The van der Waals surface area contributed by atoms with E-state index in [2.05, 4.69) is 5.32 Å². The summed E-state index contributed by atoms with van der Waals surface area (Å²) in [6.07, 6.45) is -0.314. The predicted molar refractivity (Wildman–Crippen MR) is 63.3 cm³/mol. The average Bonchev–Trinajstić information content (AvgIpc) is 3.16. The van der Waals surface area contributed by atoms with Gasteiger partial charge >= 0.3 is 6.18 Å². The maximum Gasteiger partial charge on any atom is 0.406 e. The van der Waals surface area contributed by atoms with Crippen LogP contribution in [0.15, 0.2) is 0 Å². The molecule has 0 spiro atoms. The highest BCUT2D eigenvalue weighted by Crippen LogP contribution is 2.55. The van der Waals surface area contributed by atoms with Crippen molar-refractivity contribution in [1.82, 2.24) is 10.2 Å². The summed E-state index contributed by atoms with van der Waals surface area (Å²) in [5.74, 6) is 0.620. The Morgan fingerprint density at radius 1 is 1.28 bits per heavy atom. The third kappa shape index (κ3) is 1.95. The number of alkyl halides is 3. The maximum atomic E-state index is 13.3. The third-order valence-electron chi connectivity index (χ3n) is 4.91. The Labute approximate surface area is 106 Å². The van der Waals surface area contributed by atoms with E-state index < -0.39 is 11.7 Å². The standard InChI is InChI=1S/C13H21F3N2/c1-2-10-7-17-11(9-3-4-9)8-18(10)12(5-6-12)13(14,15)16/h9-11,17H,2-8H2,1H3. The zero-order chi connectivity index (χ0) is 13.0. The normalized spacial score (nSPS) is 36.7. The van der Waals surface area contributed by atoms with E-state index >= 15 is 0 Å². The predicted octanol–water partition coefficient (Wildman–Crippen LogP) is 2.54. The van der Waals surface area contributed by atoms with Crippen molar-refractivity contribution in [2.45, 2.75) is 62.8 Å². The van der Waals surface area contributed by atoms with E-state index in [4.69, 9.17) is 0 Å². The van der Waals surface area contributed by atoms with E-state index in [0.717, 1.165) is 13.0 Å². The van der Waals surface area contributed by atoms with Gasteiger partial charge in [-0.1, -0.05) is 6.92 Å². The van der Waals surface area contributed by atoms with Crippen LogP contribution in [0.3, 0.4) is 0 Å². The summed E-state index contributed by atoms with van der Waals surface area (Å²) in [4.78, 5) is 1.78. The highest BCUT2D eigenvalue weighted by molar-refractivity contribution is 5.13. The molecule has 2 saturated carbocycles. The van der Waals surface area contributed by atoms with Crippen LogP contribution < -0.4 is 5.32 Å². The topological polar surface area (TPSA) is 15.3 Å². The molecule has 0 bridgehead atoms. The zero-order valence-electron chi connectivity index (χ0n) is 10.8. The fourth-order valence-corrected chi connectivity index (χ4v) is 3.38. The molecule has 3 rings (SSSR count). The number of piperazine rings is 1. The van der Waals surface area contributed by atoms with E-state index in [1.165, 1.54) is 12.8 Å². The fourth-order valence-electron chi connectivity index (χ4n) is 3.38. The van der Waals surface area contributed by atoms with Crippen molar-refractivity contribution in [3.05, 3.63) is 0 Å². The lowest BCUT2D eigenvalue weighted by atomic mass is 9.99. The molecule has 104 valence electrons. The molecule has 2 nitrogen and oxygen atoms in total. The Balaban J connectivity index is 1.78. The van der Waals surface area contributed by atoms with Gasteiger partial charge in [0.2, 0.25) is 0 Å². The van der Waals surface area contributed by atoms with E-state index in [1.54, 1.807) is 4.90 Å². The van der Waals surface area contributed by atoms with E-state index in [9.17, 15) is 13.2 Å². The SMILES string of the molecule is CCC1CNC(C2CC2)CN1C1(C(F)(F)F)CC1. The van der Waals surface area contributed by atoms with Crippen LogP contribution in [-0.2, 0) is 0 Å². The number of hydrogen-bond acceptors (Lipinski definition) is 2. The van der Waals surface area contributed by atoms with Crippen LogP contribution in [0.1, 0.15) is 39.0 Å². The molecular weight excluding hydrogens is 241 g/mol. The van der Waals surface area contributed by atoms with E-state index in [1.807, 2.05) is 6.92 Å². The summed E-state index contributed by atoms with van der Waals surface area (Å²) in [6.45, 7) is 3.29. The third-order valence-corrected chi connectivity index (χ3v) is 4.91. The molecule has 0 aromatic carbocycles. The van der Waals surface area contributed by atoms with Gasteiger partial charge in [0.25, 0.3) is 0 Å². The fraction of sp³-hybridized carbons (Fsp3) is 1.00. The summed E-state index contributed by atoms with van der Waals surface area (Å²) in [5.41, 5.74) is -1.48. The van der Waals surface area contributed by atoms with Gasteiger partial charge in [0.1, 0.15) is 5.54 Å². The second kappa shape index (κ2) is 4.10. The van der Waals surface area contributed by atoms with Crippen LogP contribution in [-0.4, -0.2) is 41.8 Å². The summed E-state index contributed by atoms with van der Waals surface area (Å²) in [5, 5.41) is 3.45. The highest BCUT2D eigenvalue weighted by atomic mass is 19.4. The van der Waals surface area contributed by atoms with Crippen LogP contribution in [0.2, 0.25) is 0 Å². The van der Waals surface area contributed by atoms with Crippen molar-refractivity contribution < 1.29 is 13.2 Å². The Kier molecular flexibility index (Phi) is 2.90. The van der Waals surface area contributed by atoms with Crippen molar-refractivity contribution in [2.24, 2.45) is 5.92 Å². The molecule has 1 N–H and O–H groups in total. The molecular formula is C13H21F3N2. The van der Waals surface area contributed by atoms with Gasteiger partial charge in [-0.2, -0.15) is 13.2 Å². The maximum absolute atomic E-state index is 13.3. The molecule has 1 aliphatic heterocycles. The second-order valence-corrected chi connectivity index (χ2v) is 6.10. The Morgan fingerprint density at radius 3 is 2.39 bits per heavy atom. The summed E-state index contributed by atoms with van der Waals surface area (Å²) in [7, 11) is 0. The summed E-state index contributed by atoms with van der Waals surface area (Å²) in [6, 6.07) is 0.330. The van der Waals surface area contributed by atoms with Gasteiger partial charge in [-0.15, -0.1) is 0 Å². The van der Waals surface area contributed by atoms with Crippen LogP contribution >= 0.6 is 0 Å². The molecule has 0 aromatic rings. The first kappa shape index (κ1) is 12.7. The van der Waals surface area contributed by atoms with Crippen molar-refractivity contribution in [3.63, 3.8) is 0 Å². The lowest BCUT2D eigenvalue weighted by Gasteiger charge is -2.45. The molecule has 5 heteroatoms. The van der Waals surface area contributed by atoms with Gasteiger partial charge in [0.15, 0.2) is 0 Å². The van der Waals surface area contributed by atoms with Gasteiger partial charge in [-0.05, 0) is 38.0 Å². The quantitative estimate of drug-likeness (QED) is 0.841. The van der Waals surface area contributed by atoms with Gasteiger partial charge in [0.05, 0.1) is 0 Å². The minimum absolute atomic E-state index is 0.0455. The Bertz CT molecular complexity index is 321. The largest absolute Gasteiger partial charge is 0.406 e. The smallest absolute Gasteiger partial charge is 0.311 e. The van der Waals surface area contributed by atoms with Crippen LogP contribution in [0.25, 0.3) is 0 Å². The summed E-state index contributed by atoms with van der Waals surface area (Å²) < 4.78 is 39.8. The molecule has 2 atom stereocenters. The first-order valence-corrected chi connectivity index (χ1v) is 7.05. The van der Waals surface area contributed by atoms with Crippen molar-refractivity contribution in [2.75, 3.05) is 13.1 Å². The molecule has 1 heterocycles. The van der Waals surface area contributed by atoms with E-state index in [-0.39, 0.29) is 12.1 Å². The molecule has 3 aliphatic rings. The molecule has 0 amide bonds. The first-order chi connectivity index (χ1) is 8.48. The second-order valence-electron chi connectivity index (χ2n) is 6.10. The molecule has 3 fully saturated rings. The van der Waals surface area contributed by atoms with Crippen molar-refractivity contribution >= 4 is 0 Å². The van der Waals surface area contributed by atoms with Gasteiger partial charge in [0, 0.05) is 25.2 Å². The van der Waals surface area contributed by atoms with E-state index in [0.29, 0.717) is 25.3 Å². The molecule has 1 saturated heterocycles. The number of rotatable bonds is 3. The molecule has 0 radical (unpaired) electrons. The number of nitrogens with one attached hydrogen (secondary N) is 1. The highest BCUT2D eigenvalue weighted by Gasteiger charge is 2.68. The van der Waals surface area contributed by atoms with Crippen molar-refractivity contribution in [3.8, 4) is 0 Å². The summed E-state index contributed by atoms with van der Waals surface area (Å²) >= 11 is 0. The lowest BCUT2D eigenvalue weighted by molar-refractivity contribution is -0.207. The number of hydrogen-bond donors (Lipinski definition) is 1. The average molecular weight is 262 g/mol. The first-order valence-electron chi connectivity index (χ1n) is 7.05. The van der Waals surface area contributed by atoms with Crippen LogP contribution in [0, 0.1) is 5.92 Å². The zero-order valence-corrected chi connectivity index (χ0v) is 10.8. The van der Waals surface area contributed by atoms with Crippen molar-refractivity contribution in [1.29, 1.82) is 0 Å². The van der Waals surface area contributed by atoms with Gasteiger partial charge in [-0.3, -0.25) is 4.90 Å². The molecule has 2 unspecified atom stereocenters. The minimum atomic E-state index is -4.06. The van der Waals surface area contributed by atoms with Crippen LogP contribution in [0.4, 0.5) is 13.2 Å². The molecule has 0 aromatic heterocycles. The molecule has 18 heavy (non-hydrogen) atoms. The monoisotopic (exact) mass is 262 g/mol. The van der Waals surface area contributed by atoms with Crippen LogP contribution in [0.5, 0.6) is 0 Å². The Morgan fingerprint density at radius 2 is 1.94 bits per heavy atom. The minimum Gasteiger partial charge on any atom is -0.311 e. The van der Waals surface area contributed by atoms with Gasteiger partial charge in [-0.25, -0.2) is 0 Å². The number of halogens is 3. The Hall–Kier alpha value is -0.290. The molecule has 2 aliphatic carbocycles.